The Bertz CT molecular complexity index is 1020. The van der Waals surface area contributed by atoms with Crippen LogP contribution in [-0.2, 0) is 4.74 Å². The first-order chi connectivity index (χ1) is 14.7. The number of pyridine rings is 1. The molecule has 0 amide bonds. The summed E-state index contributed by atoms with van der Waals surface area (Å²) in [5, 5.41) is 1.12. The zero-order valence-corrected chi connectivity index (χ0v) is 17.6. The highest BCUT2D eigenvalue weighted by molar-refractivity contribution is 6.02. The van der Waals surface area contributed by atoms with Gasteiger partial charge in [-0.1, -0.05) is 6.92 Å². The zero-order chi connectivity index (χ0) is 20.5. The summed E-state index contributed by atoms with van der Waals surface area (Å²) < 4.78 is 5.71. The third-order valence-electron chi connectivity index (χ3n) is 6.95. The molecule has 2 aliphatic heterocycles. The van der Waals surface area contributed by atoms with Crippen LogP contribution in [0.3, 0.4) is 0 Å². The van der Waals surface area contributed by atoms with Gasteiger partial charge in [0.2, 0.25) is 5.95 Å². The average molecular weight is 407 g/mol. The van der Waals surface area contributed by atoms with E-state index in [0.717, 1.165) is 66.3 Å². The summed E-state index contributed by atoms with van der Waals surface area (Å²) >= 11 is 0. The summed E-state index contributed by atoms with van der Waals surface area (Å²) in [6.07, 6.45) is 10.5. The van der Waals surface area contributed by atoms with E-state index in [4.69, 9.17) is 10.5 Å². The van der Waals surface area contributed by atoms with E-state index in [2.05, 4.69) is 37.8 Å². The lowest BCUT2D eigenvalue weighted by Crippen LogP contribution is -2.28. The van der Waals surface area contributed by atoms with Crippen LogP contribution in [0.1, 0.15) is 32.6 Å². The van der Waals surface area contributed by atoms with Crippen molar-refractivity contribution < 1.29 is 4.74 Å². The fraction of sp³-hybridized carbons (Fsp3) is 0.522. The summed E-state index contributed by atoms with van der Waals surface area (Å²) in [4.78, 5) is 18.9. The Hall–Kier alpha value is -2.67. The maximum absolute atomic E-state index is 5.84. The molecule has 5 rings (SSSR count). The Kier molecular flexibility index (Phi) is 5.29. The number of ether oxygens (including phenoxy) is 1. The molecule has 3 N–H and O–H groups in total. The predicted molar refractivity (Wildman–Crippen MR) is 119 cm³/mol. The number of hydrogen-bond acceptors (Lipinski definition) is 6. The van der Waals surface area contributed by atoms with E-state index < -0.39 is 0 Å². The van der Waals surface area contributed by atoms with Crippen LogP contribution in [0.5, 0.6) is 0 Å². The number of H-pyrrole nitrogens is 1. The number of hydrogen-bond donors (Lipinski definition) is 2. The van der Waals surface area contributed by atoms with Crippen LogP contribution in [0.25, 0.3) is 22.3 Å². The number of rotatable bonds is 3. The third kappa shape index (κ3) is 3.62. The number of anilines is 2. The second-order valence-electron chi connectivity index (χ2n) is 8.74. The minimum absolute atomic E-state index is 0.288. The Morgan fingerprint density at radius 1 is 1.13 bits per heavy atom. The Morgan fingerprint density at radius 3 is 2.93 bits per heavy atom. The molecule has 5 heterocycles. The van der Waals surface area contributed by atoms with Crippen molar-refractivity contribution in [1.29, 1.82) is 0 Å². The summed E-state index contributed by atoms with van der Waals surface area (Å²) in [5.74, 6) is 2.53. The van der Waals surface area contributed by atoms with Crippen LogP contribution in [-0.4, -0.2) is 46.2 Å². The van der Waals surface area contributed by atoms with Crippen LogP contribution >= 0.6 is 0 Å². The fourth-order valence-electron chi connectivity index (χ4n) is 5.38. The van der Waals surface area contributed by atoms with Gasteiger partial charge in [-0.25, -0.2) is 15.0 Å². The fourth-order valence-corrected chi connectivity index (χ4v) is 5.38. The van der Waals surface area contributed by atoms with Gasteiger partial charge in [0, 0.05) is 56.1 Å². The Balaban J connectivity index is 1.45. The number of nitrogens with zero attached hydrogens (tertiary/aromatic N) is 4. The molecule has 7 nitrogen and oxygen atoms in total. The van der Waals surface area contributed by atoms with E-state index >= 15 is 0 Å². The van der Waals surface area contributed by atoms with Crippen molar-refractivity contribution in [3.63, 3.8) is 0 Å². The molecule has 3 unspecified atom stereocenters. The molecule has 3 aromatic rings. The van der Waals surface area contributed by atoms with Crippen molar-refractivity contribution in [3.05, 3.63) is 30.7 Å². The van der Waals surface area contributed by atoms with Gasteiger partial charge in [0.05, 0.1) is 11.1 Å². The second-order valence-corrected chi connectivity index (χ2v) is 8.74. The van der Waals surface area contributed by atoms with Gasteiger partial charge in [-0.05, 0) is 55.6 Å². The quantitative estimate of drug-likeness (QED) is 0.686. The zero-order valence-electron chi connectivity index (χ0n) is 17.6. The van der Waals surface area contributed by atoms with Crippen LogP contribution in [0.15, 0.2) is 30.7 Å². The van der Waals surface area contributed by atoms with E-state index in [1.807, 2.05) is 18.5 Å². The van der Waals surface area contributed by atoms with E-state index in [1.165, 1.54) is 31.4 Å². The number of fused-ring (bicyclic) bond motifs is 1. The van der Waals surface area contributed by atoms with Crippen LogP contribution in [0, 0.1) is 17.8 Å². The standard InChI is InChI=1S/C23H30N6O/c1-15-7-12-30-11-2-3-17(15)16-6-10-29(14-16)20-5-9-25-22-21(20)18(13-27-22)19-4-8-26-23(24)28-19/h4-5,8-9,13,15-17H,2-3,6-7,10-12,14H2,1H3,(H,25,27)(H2,24,26,28). The summed E-state index contributed by atoms with van der Waals surface area (Å²) in [6, 6.07) is 4.04. The number of nitrogens with two attached hydrogens (primary N) is 1. The molecule has 0 spiro atoms. The number of nitrogens with one attached hydrogen (secondary N) is 1. The lowest BCUT2D eigenvalue weighted by Gasteiger charge is -2.31. The number of aromatic nitrogens is 4. The first kappa shape index (κ1) is 19.3. The smallest absolute Gasteiger partial charge is 0.220 e. The van der Waals surface area contributed by atoms with Gasteiger partial charge in [-0.15, -0.1) is 0 Å². The van der Waals surface area contributed by atoms with Crippen LogP contribution < -0.4 is 10.6 Å². The molecule has 2 fully saturated rings. The highest BCUT2D eigenvalue weighted by atomic mass is 16.5. The van der Waals surface area contributed by atoms with E-state index in [-0.39, 0.29) is 5.95 Å². The molecule has 0 aromatic carbocycles. The van der Waals surface area contributed by atoms with Gasteiger partial charge < -0.3 is 20.4 Å². The highest BCUT2D eigenvalue weighted by Crippen LogP contribution is 2.40. The first-order valence-corrected chi connectivity index (χ1v) is 11.1. The summed E-state index contributed by atoms with van der Waals surface area (Å²) in [6.45, 7) is 6.43. The molecular formula is C23H30N6O. The molecule has 158 valence electrons. The second kappa shape index (κ2) is 8.22. The van der Waals surface area contributed by atoms with E-state index in [0.29, 0.717) is 0 Å². The maximum atomic E-state index is 5.84. The molecule has 0 radical (unpaired) electrons. The largest absolute Gasteiger partial charge is 0.381 e. The monoisotopic (exact) mass is 406 g/mol. The summed E-state index contributed by atoms with van der Waals surface area (Å²) in [7, 11) is 0. The minimum atomic E-state index is 0.288. The van der Waals surface area contributed by atoms with Crippen molar-refractivity contribution >= 4 is 22.7 Å². The molecule has 0 bridgehead atoms. The van der Waals surface area contributed by atoms with Crippen LogP contribution in [0.4, 0.5) is 11.6 Å². The SMILES string of the molecule is CC1CCOCCCC1C1CCN(c2ccnc3[nH]cc(-c4ccnc(N)n4)c23)C1. The van der Waals surface area contributed by atoms with E-state index in [1.54, 1.807) is 6.20 Å². The van der Waals surface area contributed by atoms with Gasteiger partial charge in [-0.2, -0.15) is 0 Å². The molecule has 7 heteroatoms. The third-order valence-corrected chi connectivity index (χ3v) is 6.95. The first-order valence-electron chi connectivity index (χ1n) is 11.1. The number of nitrogen functional groups attached to an aromatic ring is 1. The van der Waals surface area contributed by atoms with Gasteiger partial charge in [-0.3, -0.25) is 0 Å². The van der Waals surface area contributed by atoms with Gasteiger partial charge in [0.15, 0.2) is 0 Å². The van der Waals surface area contributed by atoms with Crippen molar-refractivity contribution in [2.45, 2.75) is 32.6 Å². The topological polar surface area (TPSA) is 93.0 Å². The number of aromatic amines is 1. The van der Waals surface area contributed by atoms with Crippen LogP contribution in [0.2, 0.25) is 0 Å². The highest BCUT2D eigenvalue weighted by Gasteiger charge is 2.34. The lowest BCUT2D eigenvalue weighted by molar-refractivity contribution is 0.0713. The summed E-state index contributed by atoms with van der Waals surface area (Å²) in [5.41, 5.74) is 9.82. The van der Waals surface area contributed by atoms with Gasteiger partial charge >= 0.3 is 0 Å². The molecule has 2 aliphatic rings. The minimum Gasteiger partial charge on any atom is -0.381 e. The molecular weight excluding hydrogens is 376 g/mol. The maximum Gasteiger partial charge on any atom is 0.220 e. The molecule has 0 saturated carbocycles. The normalized spacial score (nSPS) is 25.4. The Labute approximate surface area is 177 Å². The van der Waals surface area contributed by atoms with Crippen molar-refractivity contribution in [2.24, 2.45) is 17.8 Å². The molecule has 3 atom stereocenters. The van der Waals surface area contributed by atoms with Gasteiger partial charge in [0.1, 0.15) is 5.65 Å². The average Bonchev–Trinajstić information content (AvgIpc) is 3.38. The molecule has 0 aliphatic carbocycles. The predicted octanol–water partition coefficient (Wildman–Crippen LogP) is 3.88. The molecule has 2 saturated heterocycles. The Morgan fingerprint density at radius 2 is 2.03 bits per heavy atom. The van der Waals surface area contributed by atoms with Crippen molar-refractivity contribution in [3.8, 4) is 11.3 Å². The van der Waals surface area contributed by atoms with Gasteiger partial charge in [0.25, 0.3) is 0 Å². The lowest BCUT2D eigenvalue weighted by atomic mass is 9.77. The van der Waals surface area contributed by atoms with Crippen molar-refractivity contribution in [2.75, 3.05) is 36.9 Å². The van der Waals surface area contributed by atoms with E-state index in [9.17, 15) is 0 Å². The van der Waals surface area contributed by atoms with Crippen molar-refractivity contribution in [1.82, 2.24) is 19.9 Å². The molecule has 3 aromatic heterocycles. The molecule has 30 heavy (non-hydrogen) atoms.